The molecule has 0 saturated heterocycles. The van der Waals surface area contributed by atoms with Crippen molar-refractivity contribution in [2.45, 2.75) is 103 Å². The minimum atomic E-state index is -1.33. The summed E-state index contributed by atoms with van der Waals surface area (Å²) in [5.74, 6) is 2.25. The third kappa shape index (κ3) is 18.1. The number of benzene rings is 13. The standard InChI is InChI=1S/C95H82O14/c1-65(96)107-95-90(89-84(103-61-71-39-21-7-22-40-71)55-81(100-58-68-33-15-4-16-34-68)78-54-79(97)91(109-93(78)89)75-47-48-80(99-57-67-31-13-3-14-32-67)82(49-75)101-59-69-35-17-5-18-36-69)88-83(102-60-70-37-19-6-20-38-70)52-77(98-56-66-29-11-2-12-30-66)53-85(88)108-92(95)76-50-86(104-62-72-41-23-8-24-42-72)94(106-64-74-45-27-10-28-46-74)87(51-76)105-63-73-43-25-9-26-44-73/h2-53,55,79,90-92,95,97H,54,56-64H2,1H3/t79-,90-,91+,92+,95-/m0/s1. The van der Waals surface area contributed by atoms with Crippen molar-refractivity contribution in [2.75, 3.05) is 0 Å². The number of hydrogen-bond acceptors (Lipinski definition) is 14. The average molecular weight is 1450 g/mol. The fourth-order valence-electron chi connectivity index (χ4n) is 13.6. The Morgan fingerprint density at radius 2 is 0.679 bits per heavy atom. The molecule has 13 aromatic carbocycles. The molecule has 14 nitrogen and oxygen atoms in total. The lowest BCUT2D eigenvalue weighted by atomic mass is 9.77. The molecule has 0 amide bonds. The summed E-state index contributed by atoms with van der Waals surface area (Å²) in [4.78, 5) is 14.8. The molecule has 2 aliphatic heterocycles. The van der Waals surface area contributed by atoms with Crippen LogP contribution in [0.5, 0.6) is 63.2 Å². The van der Waals surface area contributed by atoms with Crippen LogP contribution in [-0.4, -0.2) is 23.3 Å². The Bertz CT molecular complexity index is 5040. The maximum atomic E-state index is 14.8. The van der Waals surface area contributed by atoms with Gasteiger partial charge in [0.25, 0.3) is 0 Å². The lowest BCUT2D eigenvalue weighted by Crippen LogP contribution is -2.40. The largest absolute Gasteiger partial charge is 0.489 e. The number of fused-ring (bicyclic) bond motifs is 2. The number of esters is 1. The van der Waals surface area contributed by atoms with E-state index in [1.54, 1.807) is 0 Å². The Labute approximate surface area is 635 Å². The van der Waals surface area contributed by atoms with E-state index in [1.807, 2.05) is 322 Å². The molecule has 15 rings (SSSR count). The molecule has 0 spiro atoms. The first-order valence-electron chi connectivity index (χ1n) is 36.6. The smallest absolute Gasteiger partial charge is 0.303 e. The van der Waals surface area contributed by atoms with Crippen molar-refractivity contribution < 1.29 is 66.7 Å². The SMILES string of the molecule is CC(=O)O[C@H]1[C@H](c2c(OCc3ccccc3)cc(OCc3ccccc3)c3c2O[C@H](c2ccc(OCc4ccccc4)c(OCc4ccccc4)c2)[C@@H](O)C3)c2c(OCc3ccccc3)cc(OCc3ccccc3)cc2O[C@@H]1c1cc(OCc2ccccc2)c(OCc2ccccc2)c(OCc2ccccc2)c1. The first-order chi connectivity index (χ1) is 53.7. The summed E-state index contributed by atoms with van der Waals surface area (Å²) >= 11 is 0. The van der Waals surface area contributed by atoms with E-state index in [4.69, 9.17) is 56.8 Å². The van der Waals surface area contributed by atoms with Crippen LogP contribution in [0.25, 0.3) is 0 Å². The molecule has 2 heterocycles. The zero-order valence-electron chi connectivity index (χ0n) is 60.3. The van der Waals surface area contributed by atoms with Gasteiger partial charge in [-0.1, -0.05) is 279 Å². The summed E-state index contributed by atoms with van der Waals surface area (Å²) in [6, 6.07) is 104. The molecule has 0 aliphatic carbocycles. The lowest BCUT2D eigenvalue weighted by molar-refractivity contribution is -0.154. The molecule has 0 fully saturated rings. The van der Waals surface area contributed by atoms with E-state index in [1.165, 1.54) is 6.92 Å². The number of rotatable bonds is 31. The summed E-state index contributed by atoms with van der Waals surface area (Å²) in [5.41, 5.74) is 10.7. The highest BCUT2D eigenvalue weighted by atomic mass is 16.6. The molecule has 0 radical (unpaired) electrons. The van der Waals surface area contributed by atoms with Crippen LogP contribution < -0.4 is 52.1 Å². The maximum Gasteiger partial charge on any atom is 0.303 e. The van der Waals surface area contributed by atoms with Gasteiger partial charge >= 0.3 is 5.97 Å². The Balaban J connectivity index is 0.966. The third-order valence-electron chi connectivity index (χ3n) is 19.0. The molecule has 109 heavy (non-hydrogen) atoms. The zero-order chi connectivity index (χ0) is 73.9. The van der Waals surface area contributed by atoms with Crippen LogP contribution in [0.15, 0.2) is 322 Å². The topological polar surface area (TPSA) is 148 Å². The van der Waals surface area contributed by atoms with Crippen molar-refractivity contribution in [3.8, 4) is 63.2 Å². The van der Waals surface area contributed by atoms with Gasteiger partial charge in [0.15, 0.2) is 35.2 Å². The van der Waals surface area contributed by atoms with Crippen LogP contribution in [0.1, 0.15) is 103 Å². The van der Waals surface area contributed by atoms with Crippen LogP contribution in [0, 0.1) is 0 Å². The Morgan fingerprint density at radius 1 is 0.330 bits per heavy atom. The minimum absolute atomic E-state index is 0.0125. The number of ether oxygens (including phenoxy) is 12. The van der Waals surface area contributed by atoms with Crippen LogP contribution in [0.3, 0.4) is 0 Å². The van der Waals surface area contributed by atoms with Gasteiger partial charge in [-0.15, -0.1) is 0 Å². The van der Waals surface area contributed by atoms with E-state index in [0.717, 1.165) is 50.1 Å². The molecule has 13 aromatic rings. The molecular weight excluding hydrogens is 1370 g/mol. The van der Waals surface area contributed by atoms with Crippen molar-refractivity contribution in [1.82, 2.24) is 0 Å². The molecule has 14 heteroatoms. The Hall–Kier alpha value is -12.9. The summed E-state index contributed by atoms with van der Waals surface area (Å²) in [7, 11) is 0. The lowest BCUT2D eigenvalue weighted by Gasteiger charge is -2.42. The fourth-order valence-corrected chi connectivity index (χ4v) is 13.6. The van der Waals surface area contributed by atoms with Crippen molar-refractivity contribution in [3.05, 3.63) is 399 Å². The molecule has 2 aliphatic rings. The average Bonchev–Trinajstić information content (AvgIpc) is 0.718. The molecule has 0 aromatic heterocycles. The quantitative estimate of drug-likeness (QED) is 0.0411. The van der Waals surface area contributed by atoms with Crippen molar-refractivity contribution in [3.63, 3.8) is 0 Å². The van der Waals surface area contributed by atoms with Gasteiger partial charge in [-0.2, -0.15) is 0 Å². The molecule has 0 unspecified atom stereocenters. The summed E-state index contributed by atoms with van der Waals surface area (Å²) in [5, 5.41) is 13.1. The normalized spacial score (nSPS) is 15.4. The highest BCUT2D eigenvalue weighted by Gasteiger charge is 2.50. The van der Waals surface area contributed by atoms with E-state index >= 15 is 0 Å². The molecular formula is C95H82O14. The van der Waals surface area contributed by atoms with Crippen LogP contribution in [0.2, 0.25) is 0 Å². The predicted molar refractivity (Wildman–Crippen MR) is 417 cm³/mol. The van der Waals surface area contributed by atoms with Gasteiger partial charge < -0.3 is 61.9 Å². The maximum absolute atomic E-state index is 14.8. The molecule has 0 saturated carbocycles. The first-order valence-corrected chi connectivity index (χ1v) is 36.6. The van der Waals surface area contributed by atoms with Crippen LogP contribution in [-0.2, 0) is 75.4 Å². The second kappa shape index (κ2) is 35.0. The van der Waals surface area contributed by atoms with Gasteiger partial charge in [-0.3, -0.25) is 4.79 Å². The fraction of sp³-hybridized carbons (Fsp3) is 0.168. The number of aliphatic hydroxyl groups excluding tert-OH is 1. The van der Waals surface area contributed by atoms with E-state index in [9.17, 15) is 9.90 Å². The number of aliphatic hydroxyl groups is 1. The second-order valence-corrected chi connectivity index (χ2v) is 26.8. The number of carbonyl (C=O) groups excluding carboxylic acids is 1. The first kappa shape index (κ1) is 71.7. The highest BCUT2D eigenvalue weighted by molar-refractivity contribution is 5.70. The van der Waals surface area contributed by atoms with Gasteiger partial charge in [0.05, 0.1) is 12.0 Å². The van der Waals surface area contributed by atoms with Crippen molar-refractivity contribution in [2.24, 2.45) is 0 Å². The summed E-state index contributed by atoms with van der Waals surface area (Å²) in [6.45, 7) is 2.83. The van der Waals surface area contributed by atoms with E-state index in [-0.39, 0.29) is 65.9 Å². The highest BCUT2D eigenvalue weighted by Crippen LogP contribution is 2.60. The van der Waals surface area contributed by atoms with Crippen molar-refractivity contribution in [1.29, 1.82) is 0 Å². The number of hydrogen-bond donors (Lipinski definition) is 1. The van der Waals surface area contributed by atoms with Crippen LogP contribution >= 0.6 is 0 Å². The van der Waals surface area contributed by atoms with E-state index in [0.29, 0.717) is 91.1 Å². The van der Waals surface area contributed by atoms with Gasteiger partial charge in [0, 0.05) is 53.8 Å². The van der Waals surface area contributed by atoms with Gasteiger partial charge in [-0.05, 0) is 79.9 Å². The van der Waals surface area contributed by atoms with Crippen molar-refractivity contribution >= 4 is 5.97 Å². The number of carbonyl (C=O) groups is 1. The minimum Gasteiger partial charge on any atom is -0.489 e. The van der Waals surface area contributed by atoms with E-state index < -0.39 is 36.3 Å². The third-order valence-corrected chi connectivity index (χ3v) is 19.0. The van der Waals surface area contributed by atoms with Gasteiger partial charge in [-0.25, -0.2) is 0 Å². The molecule has 1 N–H and O–H groups in total. The molecule has 546 valence electrons. The Kier molecular flexibility index (Phi) is 23.0. The molecule has 5 atom stereocenters. The zero-order valence-corrected chi connectivity index (χ0v) is 60.3. The Morgan fingerprint density at radius 3 is 1.09 bits per heavy atom. The van der Waals surface area contributed by atoms with E-state index in [2.05, 4.69) is 0 Å². The predicted octanol–water partition coefficient (Wildman–Crippen LogP) is 20.1. The monoisotopic (exact) mass is 1450 g/mol. The summed E-state index contributed by atoms with van der Waals surface area (Å²) in [6.07, 6.45) is -4.81. The van der Waals surface area contributed by atoms with Gasteiger partial charge in [0.2, 0.25) is 5.75 Å². The summed E-state index contributed by atoms with van der Waals surface area (Å²) < 4.78 is 85.1. The van der Waals surface area contributed by atoms with Crippen LogP contribution in [0.4, 0.5) is 0 Å². The molecule has 0 bridgehead atoms. The van der Waals surface area contributed by atoms with Gasteiger partial charge in [0.1, 0.15) is 100 Å². The second-order valence-electron chi connectivity index (χ2n) is 26.8.